The Balaban J connectivity index is 1.51. The zero-order valence-electron chi connectivity index (χ0n) is 14.7. The number of methoxy groups -OCH3 is 1. The number of anilines is 1. The number of aromatic nitrogens is 1. The number of halogens is 1. The van der Waals surface area contributed by atoms with Crippen molar-refractivity contribution in [3.63, 3.8) is 0 Å². The van der Waals surface area contributed by atoms with E-state index in [1.807, 2.05) is 12.1 Å². The molecule has 1 fully saturated rings. The fraction of sp³-hybridized carbons (Fsp3) is 0.368. The fourth-order valence-corrected chi connectivity index (χ4v) is 3.51. The third-order valence-electron chi connectivity index (χ3n) is 4.56. The van der Waals surface area contributed by atoms with Gasteiger partial charge >= 0.3 is 0 Å². The number of nitrogens with zero attached hydrogens (tertiary/aromatic N) is 2. The van der Waals surface area contributed by atoms with Gasteiger partial charge in [0.25, 0.3) is 5.56 Å². The van der Waals surface area contributed by atoms with Crippen LogP contribution in [0.3, 0.4) is 0 Å². The highest BCUT2D eigenvalue weighted by atomic mass is 79.9. The molecule has 3 rings (SSSR count). The Morgan fingerprint density at radius 1 is 1.19 bits per heavy atom. The molecule has 1 N–H and O–H groups in total. The molecule has 2 aromatic rings. The van der Waals surface area contributed by atoms with Crippen molar-refractivity contribution >= 4 is 27.5 Å². The van der Waals surface area contributed by atoms with E-state index in [0.717, 1.165) is 41.8 Å². The lowest BCUT2D eigenvalue weighted by Gasteiger charge is -2.34. The molecule has 0 bridgehead atoms. The van der Waals surface area contributed by atoms with Crippen molar-refractivity contribution in [3.8, 4) is 5.75 Å². The van der Waals surface area contributed by atoms with E-state index in [0.29, 0.717) is 0 Å². The van der Waals surface area contributed by atoms with Crippen LogP contribution in [0.25, 0.3) is 0 Å². The molecule has 0 spiro atoms. The van der Waals surface area contributed by atoms with Crippen LogP contribution in [0.4, 0.5) is 5.69 Å². The van der Waals surface area contributed by atoms with Crippen LogP contribution in [0.5, 0.6) is 5.75 Å². The van der Waals surface area contributed by atoms with Gasteiger partial charge < -0.3 is 19.5 Å². The second-order valence-electron chi connectivity index (χ2n) is 6.34. The Bertz CT molecular complexity index is 812. The first-order valence-corrected chi connectivity index (χ1v) is 9.39. The average Bonchev–Trinajstić information content (AvgIpc) is 2.65. The number of rotatable bonds is 5. The summed E-state index contributed by atoms with van der Waals surface area (Å²) in [7, 11) is 1.66. The van der Waals surface area contributed by atoms with E-state index in [-0.39, 0.29) is 24.1 Å². The highest BCUT2D eigenvalue weighted by Crippen LogP contribution is 2.22. The summed E-state index contributed by atoms with van der Waals surface area (Å²) in [5.74, 6) is 0.715. The van der Waals surface area contributed by atoms with Crippen LogP contribution in [-0.2, 0) is 11.3 Å². The highest BCUT2D eigenvalue weighted by molar-refractivity contribution is 9.10. The van der Waals surface area contributed by atoms with E-state index in [2.05, 4.69) is 38.3 Å². The van der Waals surface area contributed by atoms with Gasteiger partial charge in [-0.15, -0.1) is 0 Å². The first-order chi connectivity index (χ1) is 12.5. The number of piperidine rings is 1. The van der Waals surface area contributed by atoms with Crippen molar-refractivity contribution in [2.45, 2.75) is 25.4 Å². The number of pyridine rings is 1. The lowest BCUT2D eigenvalue weighted by molar-refractivity contribution is -0.122. The van der Waals surface area contributed by atoms with Crippen LogP contribution in [0, 0.1) is 0 Å². The lowest BCUT2D eigenvalue weighted by Crippen LogP contribution is -2.46. The molecule has 1 aliphatic heterocycles. The minimum Gasteiger partial charge on any atom is -0.497 e. The Labute approximate surface area is 160 Å². The second kappa shape index (κ2) is 8.40. The van der Waals surface area contributed by atoms with Gasteiger partial charge in [0.1, 0.15) is 12.3 Å². The molecule has 0 saturated carbocycles. The van der Waals surface area contributed by atoms with Gasteiger partial charge in [0.15, 0.2) is 0 Å². The lowest BCUT2D eigenvalue weighted by atomic mass is 10.0. The molecule has 0 aliphatic carbocycles. The molecule has 7 heteroatoms. The fourth-order valence-electron chi connectivity index (χ4n) is 3.13. The van der Waals surface area contributed by atoms with Crippen molar-refractivity contribution < 1.29 is 9.53 Å². The van der Waals surface area contributed by atoms with Gasteiger partial charge in [0.05, 0.1) is 7.11 Å². The Hall–Kier alpha value is -2.28. The zero-order valence-corrected chi connectivity index (χ0v) is 16.2. The van der Waals surface area contributed by atoms with Crippen LogP contribution in [0.1, 0.15) is 12.8 Å². The van der Waals surface area contributed by atoms with E-state index in [4.69, 9.17) is 4.74 Å². The van der Waals surface area contributed by atoms with Crippen LogP contribution in [0.15, 0.2) is 51.9 Å². The number of hydrogen-bond acceptors (Lipinski definition) is 4. The van der Waals surface area contributed by atoms with Gasteiger partial charge in [0, 0.05) is 41.6 Å². The molecule has 138 valence electrons. The van der Waals surface area contributed by atoms with E-state index < -0.39 is 0 Å². The third kappa shape index (κ3) is 4.66. The molecule has 2 heterocycles. The molecule has 1 aromatic heterocycles. The maximum absolute atomic E-state index is 12.3. The van der Waals surface area contributed by atoms with Gasteiger partial charge in [-0.05, 0) is 59.1 Å². The smallest absolute Gasteiger partial charge is 0.251 e. The molecule has 26 heavy (non-hydrogen) atoms. The minimum absolute atomic E-state index is 0.0387. The van der Waals surface area contributed by atoms with Gasteiger partial charge in [-0.25, -0.2) is 0 Å². The monoisotopic (exact) mass is 419 g/mol. The van der Waals surface area contributed by atoms with Gasteiger partial charge in [-0.3, -0.25) is 9.59 Å². The molecule has 1 amide bonds. The highest BCUT2D eigenvalue weighted by Gasteiger charge is 2.21. The Kier molecular flexibility index (Phi) is 5.98. The predicted molar refractivity (Wildman–Crippen MR) is 105 cm³/mol. The Morgan fingerprint density at radius 2 is 1.88 bits per heavy atom. The summed E-state index contributed by atoms with van der Waals surface area (Å²) in [4.78, 5) is 26.4. The quantitative estimate of drug-likeness (QED) is 0.807. The topological polar surface area (TPSA) is 63.6 Å². The summed E-state index contributed by atoms with van der Waals surface area (Å²) >= 11 is 3.32. The average molecular weight is 420 g/mol. The summed E-state index contributed by atoms with van der Waals surface area (Å²) in [5, 5.41) is 3.04. The summed E-state index contributed by atoms with van der Waals surface area (Å²) in [6.07, 6.45) is 3.39. The number of amides is 1. The molecule has 6 nitrogen and oxygen atoms in total. The minimum atomic E-state index is -0.183. The van der Waals surface area contributed by atoms with Crippen molar-refractivity contribution in [2.24, 2.45) is 0 Å². The first kappa shape index (κ1) is 18.5. The SMILES string of the molecule is COc1ccc(N2CCC(NC(=O)Cn3cc(Br)ccc3=O)CC2)cc1. The number of ether oxygens (including phenoxy) is 1. The summed E-state index contributed by atoms with van der Waals surface area (Å²) in [6.45, 7) is 1.80. The van der Waals surface area contributed by atoms with Gasteiger partial charge in [-0.1, -0.05) is 0 Å². The number of hydrogen-bond donors (Lipinski definition) is 1. The third-order valence-corrected chi connectivity index (χ3v) is 5.03. The molecule has 1 saturated heterocycles. The van der Waals surface area contributed by atoms with Crippen LogP contribution in [0.2, 0.25) is 0 Å². The van der Waals surface area contributed by atoms with Crippen LogP contribution < -0.4 is 20.5 Å². The zero-order chi connectivity index (χ0) is 18.5. The van der Waals surface area contributed by atoms with E-state index in [1.54, 1.807) is 19.4 Å². The standard InChI is InChI=1S/C19H22BrN3O3/c1-26-17-5-3-16(4-6-17)22-10-8-15(9-11-22)21-18(24)13-23-12-14(20)2-7-19(23)25/h2-7,12,15H,8-11,13H2,1H3,(H,21,24). The summed E-state index contributed by atoms with van der Waals surface area (Å²) in [6, 6.07) is 11.3. The predicted octanol–water partition coefficient (Wildman–Crippen LogP) is 2.40. The normalized spacial score (nSPS) is 14.9. The van der Waals surface area contributed by atoms with Crippen molar-refractivity contribution in [2.75, 3.05) is 25.1 Å². The van der Waals surface area contributed by atoms with Crippen LogP contribution in [-0.4, -0.2) is 36.7 Å². The van der Waals surface area contributed by atoms with Crippen molar-refractivity contribution in [1.82, 2.24) is 9.88 Å². The molecule has 0 unspecified atom stereocenters. The maximum atomic E-state index is 12.3. The molecule has 1 aliphatic rings. The van der Waals surface area contributed by atoms with E-state index in [9.17, 15) is 9.59 Å². The molecular weight excluding hydrogens is 398 g/mol. The number of benzene rings is 1. The van der Waals surface area contributed by atoms with Crippen molar-refractivity contribution in [3.05, 3.63) is 57.4 Å². The van der Waals surface area contributed by atoms with E-state index >= 15 is 0 Å². The summed E-state index contributed by atoms with van der Waals surface area (Å²) in [5.41, 5.74) is 0.980. The molecular formula is C19H22BrN3O3. The van der Waals surface area contributed by atoms with Crippen molar-refractivity contribution in [1.29, 1.82) is 0 Å². The molecule has 0 atom stereocenters. The number of carbonyl (C=O) groups is 1. The second-order valence-corrected chi connectivity index (χ2v) is 7.26. The maximum Gasteiger partial charge on any atom is 0.251 e. The van der Waals surface area contributed by atoms with Gasteiger partial charge in [-0.2, -0.15) is 0 Å². The van der Waals surface area contributed by atoms with Gasteiger partial charge in [0.2, 0.25) is 5.91 Å². The first-order valence-electron chi connectivity index (χ1n) is 8.59. The Morgan fingerprint density at radius 3 is 2.54 bits per heavy atom. The molecule has 1 aromatic carbocycles. The number of nitrogens with one attached hydrogen (secondary N) is 1. The molecule has 0 radical (unpaired) electrons. The summed E-state index contributed by atoms with van der Waals surface area (Å²) < 4.78 is 7.37. The largest absolute Gasteiger partial charge is 0.497 e. The number of carbonyl (C=O) groups excluding carboxylic acids is 1. The van der Waals surface area contributed by atoms with E-state index in [1.165, 1.54) is 10.6 Å². The van der Waals surface area contributed by atoms with Crippen LogP contribution >= 0.6 is 15.9 Å².